The molecule has 2 N–H and O–H groups in total. The molecular weight excluding hydrogens is 269 g/mol. The first kappa shape index (κ1) is 14.8. The van der Waals surface area contributed by atoms with Crippen LogP contribution < -0.4 is 15.8 Å². The van der Waals surface area contributed by atoms with Gasteiger partial charge >= 0.3 is 6.03 Å². The van der Waals surface area contributed by atoms with Gasteiger partial charge < -0.3 is 5.32 Å². The molecule has 0 heterocycles. The van der Waals surface area contributed by atoms with Crippen LogP contribution in [0.15, 0.2) is 54.6 Å². The van der Waals surface area contributed by atoms with Crippen molar-refractivity contribution in [1.29, 1.82) is 0 Å². The summed E-state index contributed by atoms with van der Waals surface area (Å²) in [4.78, 5) is 11.7. The van der Waals surface area contributed by atoms with Gasteiger partial charge in [-0.15, -0.1) is 0 Å². The van der Waals surface area contributed by atoms with Crippen molar-refractivity contribution in [3.63, 3.8) is 0 Å². The van der Waals surface area contributed by atoms with Gasteiger partial charge in [0.05, 0.1) is 5.69 Å². The van der Waals surface area contributed by atoms with Gasteiger partial charge in [-0.25, -0.2) is 14.6 Å². The van der Waals surface area contributed by atoms with Gasteiger partial charge in [0.1, 0.15) is 5.82 Å². The van der Waals surface area contributed by atoms with E-state index in [1.165, 1.54) is 12.1 Å². The summed E-state index contributed by atoms with van der Waals surface area (Å²) in [5.74, 6) is -0.256. The second-order valence-electron chi connectivity index (χ2n) is 4.64. The molecule has 0 atom stereocenters. The Morgan fingerprint density at radius 3 is 2.43 bits per heavy atom. The maximum Gasteiger partial charge on any atom is 0.333 e. The summed E-state index contributed by atoms with van der Waals surface area (Å²) in [6.07, 6.45) is 0.656. The number of benzene rings is 2. The molecule has 0 saturated carbocycles. The molecule has 0 fully saturated rings. The summed E-state index contributed by atoms with van der Waals surface area (Å²) in [5, 5.41) is 4.41. The fourth-order valence-corrected chi connectivity index (χ4v) is 1.88. The number of anilines is 1. The number of urea groups is 1. The quantitative estimate of drug-likeness (QED) is 0.831. The fraction of sp³-hybridized carbons (Fsp3) is 0.188. The minimum atomic E-state index is -0.275. The van der Waals surface area contributed by atoms with Gasteiger partial charge in [0, 0.05) is 13.6 Å². The highest BCUT2D eigenvalue weighted by Gasteiger charge is 2.04. The lowest BCUT2D eigenvalue weighted by Crippen LogP contribution is -2.46. The number of carbonyl (C=O) groups is 1. The molecule has 2 aromatic rings. The lowest BCUT2D eigenvalue weighted by atomic mass is 10.1. The SMILES string of the molecule is CN(NC(=O)NCCc1ccc(F)cc1)c1ccccc1. The Hall–Kier alpha value is -2.56. The predicted molar refractivity (Wildman–Crippen MR) is 81.5 cm³/mol. The van der Waals surface area contributed by atoms with E-state index >= 15 is 0 Å². The standard InChI is InChI=1S/C16H18FN3O/c1-20(15-5-3-2-4-6-15)19-16(21)18-12-11-13-7-9-14(17)10-8-13/h2-10H,11-12H2,1H3,(H2,18,19,21). The second kappa shape index (κ2) is 7.28. The number of carbonyl (C=O) groups excluding carboxylic acids is 1. The van der Waals surface area contributed by atoms with Gasteiger partial charge in [0.25, 0.3) is 0 Å². The average molecular weight is 287 g/mol. The molecule has 0 radical (unpaired) electrons. The van der Waals surface area contributed by atoms with Crippen molar-refractivity contribution in [2.75, 3.05) is 18.6 Å². The molecule has 2 aromatic carbocycles. The first-order valence-corrected chi connectivity index (χ1v) is 6.73. The molecule has 4 nitrogen and oxygen atoms in total. The molecule has 5 heteroatoms. The zero-order valence-electron chi connectivity index (χ0n) is 11.8. The highest BCUT2D eigenvalue weighted by molar-refractivity contribution is 5.75. The summed E-state index contributed by atoms with van der Waals surface area (Å²) in [6.45, 7) is 0.486. The lowest BCUT2D eigenvalue weighted by Gasteiger charge is -2.20. The number of rotatable bonds is 5. The summed E-state index contributed by atoms with van der Waals surface area (Å²) >= 11 is 0. The van der Waals surface area contributed by atoms with Crippen LogP contribution in [-0.2, 0) is 6.42 Å². The third-order valence-electron chi connectivity index (χ3n) is 3.03. The molecule has 0 aromatic heterocycles. The number of hydrogen-bond acceptors (Lipinski definition) is 2. The van der Waals surface area contributed by atoms with Gasteiger partial charge in [0.15, 0.2) is 0 Å². The van der Waals surface area contributed by atoms with Crippen LogP contribution in [0, 0.1) is 5.82 Å². The highest BCUT2D eigenvalue weighted by atomic mass is 19.1. The minimum absolute atomic E-state index is 0.256. The lowest BCUT2D eigenvalue weighted by molar-refractivity contribution is 0.240. The summed E-state index contributed by atoms with van der Waals surface area (Å²) in [7, 11) is 1.77. The van der Waals surface area contributed by atoms with E-state index in [9.17, 15) is 9.18 Å². The van der Waals surface area contributed by atoms with Crippen molar-refractivity contribution in [2.24, 2.45) is 0 Å². The maximum atomic E-state index is 12.8. The Bertz CT molecular complexity index is 572. The van der Waals surface area contributed by atoms with Crippen LogP contribution in [0.4, 0.5) is 14.9 Å². The van der Waals surface area contributed by atoms with Crippen molar-refractivity contribution in [2.45, 2.75) is 6.42 Å². The Balaban J connectivity index is 1.73. The fourth-order valence-electron chi connectivity index (χ4n) is 1.88. The first-order valence-electron chi connectivity index (χ1n) is 6.73. The van der Waals surface area contributed by atoms with E-state index < -0.39 is 0 Å². The topological polar surface area (TPSA) is 44.4 Å². The molecular formula is C16H18FN3O. The van der Waals surface area contributed by atoms with Crippen LogP contribution in [0.5, 0.6) is 0 Å². The molecule has 110 valence electrons. The minimum Gasteiger partial charge on any atom is -0.336 e. The number of para-hydroxylation sites is 1. The van der Waals surface area contributed by atoms with Crippen molar-refractivity contribution in [3.05, 3.63) is 66.0 Å². The molecule has 2 rings (SSSR count). The van der Waals surface area contributed by atoms with E-state index in [4.69, 9.17) is 0 Å². The third-order valence-corrected chi connectivity index (χ3v) is 3.03. The van der Waals surface area contributed by atoms with E-state index in [0.717, 1.165) is 11.3 Å². The normalized spacial score (nSPS) is 10.0. The monoisotopic (exact) mass is 287 g/mol. The van der Waals surface area contributed by atoms with Crippen LogP contribution in [0.1, 0.15) is 5.56 Å². The zero-order valence-corrected chi connectivity index (χ0v) is 11.8. The number of nitrogens with one attached hydrogen (secondary N) is 2. The van der Waals surface area contributed by atoms with E-state index in [0.29, 0.717) is 13.0 Å². The molecule has 0 saturated heterocycles. The van der Waals surface area contributed by atoms with Crippen molar-refractivity contribution in [1.82, 2.24) is 10.7 Å². The number of halogens is 1. The Kier molecular flexibility index (Phi) is 5.15. The van der Waals surface area contributed by atoms with Crippen LogP contribution >= 0.6 is 0 Å². The van der Waals surface area contributed by atoms with Crippen LogP contribution in [0.2, 0.25) is 0 Å². The Morgan fingerprint density at radius 1 is 1.10 bits per heavy atom. The molecule has 0 aliphatic heterocycles. The summed E-state index contributed by atoms with van der Waals surface area (Å²) in [5.41, 5.74) is 4.59. The van der Waals surface area contributed by atoms with Crippen molar-refractivity contribution in [3.8, 4) is 0 Å². The van der Waals surface area contributed by atoms with Gasteiger partial charge in [0.2, 0.25) is 0 Å². The second-order valence-corrected chi connectivity index (χ2v) is 4.64. The van der Waals surface area contributed by atoms with Gasteiger partial charge in [-0.05, 0) is 36.2 Å². The van der Waals surface area contributed by atoms with E-state index in [-0.39, 0.29) is 11.8 Å². The van der Waals surface area contributed by atoms with E-state index in [1.54, 1.807) is 24.2 Å². The zero-order chi connectivity index (χ0) is 15.1. The summed E-state index contributed by atoms with van der Waals surface area (Å²) < 4.78 is 12.8. The number of hydrogen-bond donors (Lipinski definition) is 2. The highest BCUT2D eigenvalue weighted by Crippen LogP contribution is 2.08. The van der Waals surface area contributed by atoms with E-state index in [2.05, 4.69) is 10.7 Å². The molecule has 0 bridgehead atoms. The van der Waals surface area contributed by atoms with Crippen molar-refractivity contribution < 1.29 is 9.18 Å². The number of hydrazine groups is 1. The Labute approximate surface area is 123 Å². The van der Waals surface area contributed by atoms with Crippen LogP contribution in [0.3, 0.4) is 0 Å². The maximum absolute atomic E-state index is 12.8. The summed E-state index contributed by atoms with van der Waals surface area (Å²) in [6, 6.07) is 15.5. The average Bonchev–Trinajstić information content (AvgIpc) is 2.50. The van der Waals surface area contributed by atoms with Gasteiger partial charge in [-0.2, -0.15) is 0 Å². The van der Waals surface area contributed by atoms with E-state index in [1.807, 2.05) is 30.3 Å². The molecule has 0 unspecified atom stereocenters. The molecule has 0 aliphatic rings. The molecule has 2 amide bonds. The van der Waals surface area contributed by atoms with Gasteiger partial charge in [-0.1, -0.05) is 30.3 Å². The largest absolute Gasteiger partial charge is 0.336 e. The number of amides is 2. The number of nitrogens with zero attached hydrogens (tertiary/aromatic N) is 1. The third kappa shape index (κ3) is 4.80. The smallest absolute Gasteiger partial charge is 0.333 e. The Morgan fingerprint density at radius 2 is 1.76 bits per heavy atom. The van der Waals surface area contributed by atoms with Gasteiger partial charge in [-0.3, -0.25) is 5.01 Å². The molecule has 0 spiro atoms. The predicted octanol–water partition coefficient (Wildman–Crippen LogP) is 2.72. The van der Waals surface area contributed by atoms with Crippen LogP contribution in [0.25, 0.3) is 0 Å². The van der Waals surface area contributed by atoms with Crippen molar-refractivity contribution >= 4 is 11.7 Å². The first-order chi connectivity index (χ1) is 10.1. The molecule has 21 heavy (non-hydrogen) atoms. The molecule has 0 aliphatic carbocycles. The van der Waals surface area contributed by atoms with Crippen LogP contribution in [-0.4, -0.2) is 19.6 Å².